The Labute approximate surface area is 165 Å². The molecular formula is C23H27N3O2. The molecule has 0 radical (unpaired) electrons. The molecule has 0 aliphatic carbocycles. The van der Waals surface area contributed by atoms with Crippen LogP contribution in [0.5, 0.6) is 0 Å². The van der Waals surface area contributed by atoms with Gasteiger partial charge in [-0.25, -0.2) is 4.98 Å². The van der Waals surface area contributed by atoms with E-state index >= 15 is 0 Å². The van der Waals surface area contributed by atoms with Gasteiger partial charge in [-0.05, 0) is 43.6 Å². The van der Waals surface area contributed by atoms with E-state index in [2.05, 4.69) is 29.2 Å². The standard InChI is InChI=1S/C23H27N3O2/c27-22(28)13-16-26-21-8-4-3-7-20(21)24-23(26)19-11-9-18(10-12-19)17-25-14-5-1-2-6-15-25/h3-4,7-12H,1-2,5-6,13-17H2,(H,27,28). The van der Waals surface area contributed by atoms with E-state index in [1.165, 1.54) is 44.3 Å². The van der Waals surface area contributed by atoms with E-state index in [1.54, 1.807) is 0 Å². The Kier molecular flexibility index (Phi) is 5.72. The maximum atomic E-state index is 11.1. The molecule has 28 heavy (non-hydrogen) atoms. The molecule has 0 unspecified atom stereocenters. The first-order chi connectivity index (χ1) is 13.7. The van der Waals surface area contributed by atoms with Gasteiger partial charge < -0.3 is 9.67 Å². The van der Waals surface area contributed by atoms with Crippen LogP contribution in [0, 0.1) is 0 Å². The number of fused-ring (bicyclic) bond motifs is 1. The molecule has 2 aromatic carbocycles. The van der Waals surface area contributed by atoms with Gasteiger partial charge in [0.25, 0.3) is 0 Å². The molecule has 0 amide bonds. The number of benzene rings is 2. The number of nitrogens with zero attached hydrogens (tertiary/aromatic N) is 3. The number of carboxylic acid groups (broad SMARTS) is 1. The summed E-state index contributed by atoms with van der Waals surface area (Å²) in [5.74, 6) is 0.0419. The molecule has 4 rings (SSSR count). The third-order valence-electron chi connectivity index (χ3n) is 5.52. The quantitative estimate of drug-likeness (QED) is 0.684. The highest BCUT2D eigenvalue weighted by molar-refractivity contribution is 5.81. The van der Waals surface area contributed by atoms with Crippen LogP contribution in [0.25, 0.3) is 22.4 Å². The van der Waals surface area contributed by atoms with Crippen LogP contribution in [-0.2, 0) is 17.9 Å². The number of likely N-dealkylation sites (tertiary alicyclic amines) is 1. The van der Waals surface area contributed by atoms with E-state index in [9.17, 15) is 4.79 Å². The van der Waals surface area contributed by atoms with Crippen LogP contribution < -0.4 is 0 Å². The van der Waals surface area contributed by atoms with Crippen LogP contribution >= 0.6 is 0 Å². The lowest BCUT2D eigenvalue weighted by molar-refractivity contribution is -0.137. The summed E-state index contributed by atoms with van der Waals surface area (Å²) < 4.78 is 2.02. The Morgan fingerprint density at radius 3 is 2.39 bits per heavy atom. The van der Waals surface area contributed by atoms with Gasteiger partial charge in [0.1, 0.15) is 5.82 Å². The summed E-state index contributed by atoms with van der Waals surface area (Å²) in [5, 5.41) is 9.12. The summed E-state index contributed by atoms with van der Waals surface area (Å²) in [6.45, 7) is 3.79. The van der Waals surface area contributed by atoms with E-state index in [4.69, 9.17) is 10.1 Å². The Morgan fingerprint density at radius 1 is 0.964 bits per heavy atom. The fraction of sp³-hybridized carbons (Fsp3) is 0.391. The molecule has 3 aromatic rings. The van der Waals surface area contributed by atoms with E-state index in [1.807, 2.05) is 28.8 Å². The molecule has 2 heterocycles. The second-order valence-corrected chi connectivity index (χ2v) is 7.61. The molecular weight excluding hydrogens is 350 g/mol. The van der Waals surface area contributed by atoms with E-state index in [-0.39, 0.29) is 6.42 Å². The number of hydrogen-bond acceptors (Lipinski definition) is 3. The number of carboxylic acids is 1. The lowest BCUT2D eigenvalue weighted by atomic mass is 10.1. The van der Waals surface area contributed by atoms with E-state index in [0.29, 0.717) is 6.54 Å². The van der Waals surface area contributed by atoms with Gasteiger partial charge in [0.15, 0.2) is 0 Å². The third kappa shape index (κ3) is 4.25. The summed E-state index contributed by atoms with van der Waals surface area (Å²) in [6.07, 6.45) is 5.38. The highest BCUT2D eigenvalue weighted by Gasteiger charge is 2.14. The monoisotopic (exact) mass is 377 g/mol. The minimum atomic E-state index is -0.795. The maximum Gasteiger partial charge on any atom is 0.305 e. The lowest BCUT2D eigenvalue weighted by Gasteiger charge is -2.19. The highest BCUT2D eigenvalue weighted by Crippen LogP contribution is 2.26. The summed E-state index contributed by atoms with van der Waals surface area (Å²) >= 11 is 0. The fourth-order valence-corrected chi connectivity index (χ4v) is 4.04. The van der Waals surface area contributed by atoms with Crippen molar-refractivity contribution in [3.63, 3.8) is 0 Å². The predicted molar refractivity (Wildman–Crippen MR) is 111 cm³/mol. The molecule has 146 valence electrons. The molecule has 0 atom stereocenters. The molecule has 1 aromatic heterocycles. The Morgan fingerprint density at radius 2 is 1.68 bits per heavy atom. The number of aromatic nitrogens is 2. The normalized spacial score (nSPS) is 15.6. The molecule has 5 heteroatoms. The third-order valence-corrected chi connectivity index (χ3v) is 5.52. The van der Waals surface area contributed by atoms with Crippen LogP contribution in [0.3, 0.4) is 0 Å². The van der Waals surface area contributed by atoms with Crippen molar-refractivity contribution in [1.29, 1.82) is 0 Å². The maximum absolute atomic E-state index is 11.1. The zero-order valence-electron chi connectivity index (χ0n) is 16.2. The first-order valence-electron chi connectivity index (χ1n) is 10.2. The zero-order valence-corrected chi connectivity index (χ0v) is 16.2. The first-order valence-corrected chi connectivity index (χ1v) is 10.2. The van der Waals surface area contributed by atoms with Gasteiger partial charge >= 0.3 is 5.97 Å². The van der Waals surface area contributed by atoms with Crippen molar-refractivity contribution in [3.8, 4) is 11.4 Å². The smallest absolute Gasteiger partial charge is 0.305 e. The summed E-state index contributed by atoms with van der Waals surface area (Å²) in [6, 6.07) is 16.5. The van der Waals surface area contributed by atoms with Gasteiger partial charge in [-0.2, -0.15) is 0 Å². The van der Waals surface area contributed by atoms with E-state index in [0.717, 1.165) is 29.0 Å². The van der Waals surface area contributed by atoms with Gasteiger partial charge in [-0.15, -0.1) is 0 Å². The minimum absolute atomic E-state index is 0.0837. The van der Waals surface area contributed by atoms with Crippen molar-refractivity contribution in [3.05, 3.63) is 54.1 Å². The molecule has 0 saturated carbocycles. The van der Waals surface area contributed by atoms with Gasteiger partial charge in [0, 0.05) is 18.7 Å². The lowest BCUT2D eigenvalue weighted by Crippen LogP contribution is -2.23. The van der Waals surface area contributed by atoms with Gasteiger partial charge in [0.2, 0.25) is 0 Å². The summed E-state index contributed by atoms with van der Waals surface area (Å²) in [4.78, 5) is 18.4. The van der Waals surface area contributed by atoms with Crippen molar-refractivity contribution in [2.75, 3.05) is 13.1 Å². The number of hydrogen-bond donors (Lipinski definition) is 1. The van der Waals surface area contributed by atoms with Crippen molar-refractivity contribution in [2.24, 2.45) is 0 Å². The van der Waals surface area contributed by atoms with Gasteiger partial charge in [-0.3, -0.25) is 9.69 Å². The minimum Gasteiger partial charge on any atom is -0.481 e. The molecule has 0 bridgehead atoms. The average Bonchev–Trinajstić information content (AvgIpc) is 2.87. The number of carbonyl (C=O) groups is 1. The number of rotatable bonds is 6. The summed E-state index contributed by atoms with van der Waals surface area (Å²) in [5.41, 5.74) is 4.23. The van der Waals surface area contributed by atoms with Gasteiger partial charge in [-0.1, -0.05) is 49.2 Å². The molecule has 0 spiro atoms. The average molecular weight is 377 g/mol. The van der Waals surface area contributed by atoms with Crippen molar-refractivity contribution < 1.29 is 9.90 Å². The van der Waals surface area contributed by atoms with Crippen molar-refractivity contribution in [1.82, 2.24) is 14.5 Å². The highest BCUT2D eigenvalue weighted by atomic mass is 16.4. The number of imidazole rings is 1. The van der Waals surface area contributed by atoms with E-state index < -0.39 is 5.97 Å². The van der Waals surface area contributed by atoms with Crippen LogP contribution in [-0.4, -0.2) is 38.6 Å². The molecule has 1 aliphatic rings. The largest absolute Gasteiger partial charge is 0.481 e. The van der Waals surface area contributed by atoms with Crippen LogP contribution in [0.4, 0.5) is 0 Å². The second-order valence-electron chi connectivity index (χ2n) is 7.61. The number of aliphatic carboxylic acids is 1. The molecule has 1 fully saturated rings. The van der Waals surface area contributed by atoms with Crippen LogP contribution in [0.15, 0.2) is 48.5 Å². The molecule has 1 N–H and O–H groups in total. The Bertz CT molecular complexity index is 938. The fourth-order valence-electron chi connectivity index (χ4n) is 4.04. The van der Waals surface area contributed by atoms with Crippen molar-refractivity contribution >= 4 is 17.0 Å². The van der Waals surface area contributed by atoms with Crippen molar-refractivity contribution in [2.45, 2.75) is 45.2 Å². The topological polar surface area (TPSA) is 58.4 Å². The van der Waals surface area contributed by atoms with Crippen LogP contribution in [0.1, 0.15) is 37.7 Å². The molecule has 5 nitrogen and oxygen atoms in total. The first kappa shape index (κ1) is 18.7. The Hall–Kier alpha value is -2.66. The Balaban J connectivity index is 1.58. The van der Waals surface area contributed by atoms with Crippen LogP contribution in [0.2, 0.25) is 0 Å². The second kappa shape index (κ2) is 8.57. The molecule has 1 aliphatic heterocycles. The predicted octanol–water partition coefficient (Wildman–Crippen LogP) is 4.55. The molecule has 1 saturated heterocycles. The van der Waals surface area contributed by atoms with Gasteiger partial charge in [0.05, 0.1) is 17.5 Å². The number of aryl methyl sites for hydroxylation is 1. The SMILES string of the molecule is O=C(O)CCn1c(-c2ccc(CN3CCCCCC3)cc2)nc2ccccc21. The summed E-state index contributed by atoms with van der Waals surface area (Å²) in [7, 11) is 0. The zero-order chi connectivity index (χ0) is 19.3. The number of para-hydroxylation sites is 2.